The Labute approximate surface area is 157 Å². The highest BCUT2D eigenvalue weighted by atomic mass is 16.2. The van der Waals surface area contributed by atoms with Gasteiger partial charge in [-0.3, -0.25) is 9.59 Å². The highest BCUT2D eigenvalue weighted by molar-refractivity contribution is 5.91. The molecular weight excluding hydrogens is 338 g/mol. The lowest BCUT2D eigenvalue weighted by molar-refractivity contribution is -0.123. The SMILES string of the molecule is Cc1cccc(CC2(NC(=O)C(C)c3n[nH]c(=O)c4ccccc34)CC2)c1. The molecular formula is C22H23N3O2. The van der Waals surface area contributed by atoms with Crippen LogP contribution in [0.5, 0.6) is 0 Å². The molecule has 0 bridgehead atoms. The number of rotatable bonds is 5. The number of hydrogen-bond donors (Lipinski definition) is 2. The van der Waals surface area contributed by atoms with E-state index in [1.807, 2.05) is 25.1 Å². The molecule has 1 aliphatic rings. The van der Waals surface area contributed by atoms with Gasteiger partial charge in [0.05, 0.1) is 17.0 Å². The van der Waals surface area contributed by atoms with Gasteiger partial charge in [0.2, 0.25) is 5.91 Å². The summed E-state index contributed by atoms with van der Waals surface area (Å²) >= 11 is 0. The minimum absolute atomic E-state index is 0.0511. The van der Waals surface area contributed by atoms with E-state index in [1.165, 1.54) is 11.1 Å². The molecule has 5 heteroatoms. The average molecular weight is 361 g/mol. The summed E-state index contributed by atoms with van der Waals surface area (Å²) < 4.78 is 0. The van der Waals surface area contributed by atoms with E-state index in [0.29, 0.717) is 11.1 Å². The second-order valence-corrected chi connectivity index (χ2v) is 7.64. The summed E-state index contributed by atoms with van der Waals surface area (Å²) in [7, 11) is 0. The highest BCUT2D eigenvalue weighted by Crippen LogP contribution is 2.39. The van der Waals surface area contributed by atoms with Gasteiger partial charge >= 0.3 is 0 Å². The molecule has 1 unspecified atom stereocenters. The summed E-state index contributed by atoms with van der Waals surface area (Å²) in [4.78, 5) is 24.9. The molecule has 2 aromatic carbocycles. The van der Waals surface area contributed by atoms with E-state index in [2.05, 4.69) is 46.7 Å². The topological polar surface area (TPSA) is 74.8 Å². The summed E-state index contributed by atoms with van der Waals surface area (Å²) in [6, 6.07) is 15.7. The predicted molar refractivity (Wildman–Crippen MR) is 106 cm³/mol. The van der Waals surface area contributed by atoms with Crippen LogP contribution in [0.2, 0.25) is 0 Å². The lowest BCUT2D eigenvalue weighted by Crippen LogP contribution is -2.41. The monoisotopic (exact) mass is 361 g/mol. The van der Waals surface area contributed by atoms with Crippen LogP contribution >= 0.6 is 0 Å². The molecule has 27 heavy (non-hydrogen) atoms. The molecule has 5 nitrogen and oxygen atoms in total. The van der Waals surface area contributed by atoms with Gasteiger partial charge in [0, 0.05) is 10.9 Å². The van der Waals surface area contributed by atoms with Crippen LogP contribution in [-0.4, -0.2) is 21.6 Å². The van der Waals surface area contributed by atoms with Crippen molar-refractivity contribution in [2.45, 2.75) is 44.6 Å². The smallest absolute Gasteiger partial charge is 0.272 e. The van der Waals surface area contributed by atoms with E-state index in [4.69, 9.17) is 0 Å². The number of nitrogens with one attached hydrogen (secondary N) is 2. The Morgan fingerprint density at radius 2 is 1.93 bits per heavy atom. The molecule has 3 aromatic rings. The molecule has 1 aromatic heterocycles. The Morgan fingerprint density at radius 3 is 2.63 bits per heavy atom. The Morgan fingerprint density at radius 1 is 1.19 bits per heavy atom. The minimum atomic E-state index is -0.443. The van der Waals surface area contributed by atoms with Gasteiger partial charge in [-0.15, -0.1) is 0 Å². The van der Waals surface area contributed by atoms with Gasteiger partial charge < -0.3 is 5.32 Å². The normalized spacial score (nSPS) is 16.1. The molecule has 0 aliphatic heterocycles. The summed E-state index contributed by atoms with van der Waals surface area (Å²) in [5.74, 6) is -0.494. The molecule has 0 spiro atoms. The zero-order valence-corrected chi connectivity index (χ0v) is 15.6. The second-order valence-electron chi connectivity index (χ2n) is 7.64. The third kappa shape index (κ3) is 3.50. The van der Waals surface area contributed by atoms with Crippen LogP contribution in [0, 0.1) is 6.92 Å². The van der Waals surface area contributed by atoms with E-state index in [-0.39, 0.29) is 17.0 Å². The number of H-pyrrole nitrogens is 1. The molecule has 1 aliphatic carbocycles. The standard InChI is InChI=1S/C22H23N3O2/c1-14-6-5-7-16(12-14)13-22(10-11-22)23-20(26)15(2)19-17-8-3-4-9-18(17)21(27)25-24-19/h3-9,12,15H,10-11,13H2,1-2H3,(H,23,26)(H,25,27). The molecule has 138 valence electrons. The fourth-order valence-electron chi connectivity index (χ4n) is 3.67. The van der Waals surface area contributed by atoms with Gasteiger partial charge in [0.1, 0.15) is 0 Å². The van der Waals surface area contributed by atoms with Crippen LogP contribution in [-0.2, 0) is 11.2 Å². The summed E-state index contributed by atoms with van der Waals surface area (Å²) in [5, 5.41) is 11.2. The van der Waals surface area contributed by atoms with Gasteiger partial charge in [0.15, 0.2) is 0 Å². The number of carbonyl (C=O) groups is 1. The van der Waals surface area contributed by atoms with Crippen molar-refractivity contribution in [2.24, 2.45) is 0 Å². The minimum Gasteiger partial charge on any atom is -0.350 e. The Bertz CT molecular complexity index is 1070. The van der Waals surface area contributed by atoms with Gasteiger partial charge in [-0.25, -0.2) is 5.10 Å². The summed E-state index contributed by atoms with van der Waals surface area (Å²) in [6.07, 6.45) is 2.81. The third-order valence-electron chi connectivity index (χ3n) is 5.40. The zero-order valence-electron chi connectivity index (χ0n) is 15.6. The molecule has 1 heterocycles. The van der Waals surface area contributed by atoms with E-state index in [0.717, 1.165) is 24.6 Å². The molecule has 1 atom stereocenters. The number of aromatic nitrogens is 2. The van der Waals surface area contributed by atoms with E-state index in [9.17, 15) is 9.59 Å². The Hall–Kier alpha value is -2.95. The molecule has 0 radical (unpaired) electrons. The van der Waals surface area contributed by atoms with Crippen LogP contribution in [0.25, 0.3) is 10.8 Å². The number of aryl methyl sites for hydroxylation is 1. The zero-order chi connectivity index (χ0) is 19.0. The van der Waals surface area contributed by atoms with Gasteiger partial charge in [-0.2, -0.15) is 5.10 Å². The Kier molecular flexibility index (Phi) is 4.30. The van der Waals surface area contributed by atoms with Crippen molar-refractivity contribution in [1.29, 1.82) is 0 Å². The maximum absolute atomic E-state index is 12.9. The van der Waals surface area contributed by atoms with Crippen molar-refractivity contribution in [3.8, 4) is 0 Å². The maximum Gasteiger partial charge on any atom is 0.272 e. The van der Waals surface area contributed by atoms with Crippen molar-refractivity contribution < 1.29 is 4.79 Å². The first-order valence-electron chi connectivity index (χ1n) is 9.32. The van der Waals surface area contributed by atoms with Gasteiger partial charge in [-0.05, 0) is 44.7 Å². The van der Waals surface area contributed by atoms with E-state index < -0.39 is 5.92 Å². The first-order chi connectivity index (χ1) is 13.0. The number of nitrogens with zero attached hydrogens (tertiary/aromatic N) is 1. The largest absolute Gasteiger partial charge is 0.350 e. The summed E-state index contributed by atoms with van der Waals surface area (Å²) in [6.45, 7) is 3.92. The average Bonchev–Trinajstić information content (AvgIpc) is 3.40. The van der Waals surface area contributed by atoms with E-state index in [1.54, 1.807) is 6.07 Å². The number of hydrogen-bond acceptors (Lipinski definition) is 3. The molecule has 0 saturated heterocycles. The number of aromatic amines is 1. The van der Waals surface area contributed by atoms with Gasteiger partial charge in [-0.1, -0.05) is 48.0 Å². The molecule has 4 rings (SSSR count). The number of fused-ring (bicyclic) bond motifs is 1. The van der Waals surface area contributed by atoms with Crippen LogP contribution < -0.4 is 10.9 Å². The quantitative estimate of drug-likeness (QED) is 0.733. The van der Waals surface area contributed by atoms with Crippen molar-refractivity contribution in [3.63, 3.8) is 0 Å². The Balaban J connectivity index is 1.55. The molecule has 1 amide bonds. The number of amides is 1. The van der Waals surface area contributed by atoms with Crippen molar-refractivity contribution in [2.75, 3.05) is 0 Å². The van der Waals surface area contributed by atoms with Crippen LogP contribution in [0.3, 0.4) is 0 Å². The predicted octanol–water partition coefficient (Wildman–Crippen LogP) is 3.23. The lowest BCUT2D eigenvalue weighted by atomic mass is 9.98. The van der Waals surface area contributed by atoms with Crippen LogP contribution in [0.15, 0.2) is 53.3 Å². The molecule has 2 N–H and O–H groups in total. The summed E-state index contributed by atoms with van der Waals surface area (Å²) in [5.41, 5.74) is 2.69. The van der Waals surface area contributed by atoms with Crippen molar-refractivity contribution in [3.05, 3.63) is 75.7 Å². The molecule has 1 saturated carbocycles. The number of carbonyl (C=O) groups excluding carboxylic acids is 1. The fourth-order valence-corrected chi connectivity index (χ4v) is 3.67. The molecule has 1 fully saturated rings. The first-order valence-corrected chi connectivity index (χ1v) is 9.32. The number of benzene rings is 2. The third-order valence-corrected chi connectivity index (χ3v) is 5.40. The van der Waals surface area contributed by atoms with Crippen LogP contribution in [0.4, 0.5) is 0 Å². The lowest BCUT2D eigenvalue weighted by Gasteiger charge is -2.21. The second kappa shape index (κ2) is 6.65. The first kappa shape index (κ1) is 17.5. The highest BCUT2D eigenvalue weighted by Gasteiger charge is 2.44. The van der Waals surface area contributed by atoms with E-state index >= 15 is 0 Å². The maximum atomic E-state index is 12.9. The van der Waals surface area contributed by atoms with Crippen LogP contribution in [0.1, 0.15) is 42.5 Å². The van der Waals surface area contributed by atoms with Gasteiger partial charge in [0.25, 0.3) is 5.56 Å². The fraction of sp³-hybridized carbons (Fsp3) is 0.318. The van der Waals surface area contributed by atoms with Crippen molar-refractivity contribution >= 4 is 16.7 Å². The van der Waals surface area contributed by atoms with Crippen molar-refractivity contribution in [1.82, 2.24) is 15.5 Å².